The summed E-state index contributed by atoms with van der Waals surface area (Å²) in [5.74, 6) is 0. The average Bonchev–Trinajstić information content (AvgIpc) is 2.39. The summed E-state index contributed by atoms with van der Waals surface area (Å²) in [6.45, 7) is 3.71. The van der Waals surface area contributed by atoms with Gasteiger partial charge in [-0.1, -0.05) is 42.5 Å². The van der Waals surface area contributed by atoms with Crippen LogP contribution in [-0.2, 0) is 10.0 Å². The number of rotatable bonds is 3. The Balaban J connectivity index is 2.45. The first kappa shape index (κ1) is 15.4. The van der Waals surface area contributed by atoms with E-state index in [1.54, 1.807) is 35.1 Å². The smallest absolute Gasteiger partial charge is 0.275 e. The van der Waals surface area contributed by atoms with E-state index in [1.807, 2.05) is 0 Å². The van der Waals surface area contributed by atoms with Crippen molar-refractivity contribution in [3.05, 3.63) is 61.0 Å². The molecule has 2 rings (SSSR count). The zero-order chi connectivity index (χ0) is 15.7. The first-order valence-electron chi connectivity index (χ1n) is 5.81. The molecule has 0 saturated carbocycles. The van der Waals surface area contributed by atoms with Crippen molar-refractivity contribution in [3.8, 4) is 11.1 Å². The number of alkyl halides is 3. The first-order valence-corrected chi connectivity index (χ1v) is 7.29. The fourth-order valence-corrected chi connectivity index (χ4v) is 2.29. The van der Waals surface area contributed by atoms with E-state index in [1.165, 1.54) is 18.2 Å². The second-order valence-electron chi connectivity index (χ2n) is 4.29. The number of hydrogen-bond donors (Lipinski definition) is 1. The summed E-state index contributed by atoms with van der Waals surface area (Å²) in [4.78, 5) is 0. The number of hydrogen-bond acceptors (Lipinski definition) is 2. The fraction of sp³-hybridized carbons (Fsp3) is 0.0714. The lowest BCUT2D eigenvalue weighted by molar-refractivity contribution is -0.0429. The highest BCUT2D eigenvalue weighted by Crippen LogP contribution is 2.32. The van der Waals surface area contributed by atoms with E-state index in [4.69, 9.17) is 0 Å². The Labute approximate surface area is 120 Å². The highest BCUT2D eigenvalue weighted by Gasteiger charge is 2.46. The van der Waals surface area contributed by atoms with Crippen LogP contribution in [0.2, 0.25) is 0 Å². The zero-order valence-corrected chi connectivity index (χ0v) is 11.5. The molecule has 2 aromatic rings. The fourth-order valence-electron chi connectivity index (χ4n) is 1.71. The Hall–Kier alpha value is -2.02. The Bertz CT molecular complexity index is 738. The summed E-state index contributed by atoms with van der Waals surface area (Å²) in [6.07, 6.45) is 0. The molecule has 3 nitrogen and oxygen atoms in total. The molecule has 0 spiro atoms. The third-order valence-electron chi connectivity index (χ3n) is 2.74. The molecule has 1 radical (unpaired) electrons. The van der Waals surface area contributed by atoms with Crippen LogP contribution in [0.3, 0.4) is 0 Å². The van der Waals surface area contributed by atoms with Gasteiger partial charge in [0.05, 0.1) is 5.69 Å². The van der Waals surface area contributed by atoms with Gasteiger partial charge in [-0.3, -0.25) is 4.72 Å². The van der Waals surface area contributed by atoms with Crippen LogP contribution in [0.1, 0.15) is 5.56 Å². The molecular formula is C14H11F3NO2S. The third-order valence-corrected chi connectivity index (χ3v) is 3.84. The van der Waals surface area contributed by atoms with Gasteiger partial charge in [0.25, 0.3) is 0 Å². The summed E-state index contributed by atoms with van der Waals surface area (Å²) in [7, 11) is -5.45. The van der Waals surface area contributed by atoms with E-state index < -0.39 is 15.5 Å². The van der Waals surface area contributed by atoms with Crippen LogP contribution in [-0.4, -0.2) is 13.9 Å². The van der Waals surface area contributed by atoms with Gasteiger partial charge in [-0.2, -0.15) is 21.6 Å². The van der Waals surface area contributed by atoms with Crippen LogP contribution in [0, 0.1) is 6.92 Å². The van der Waals surface area contributed by atoms with Crippen LogP contribution in [0.4, 0.5) is 18.9 Å². The minimum Gasteiger partial charge on any atom is -0.275 e. The van der Waals surface area contributed by atoms with Gasteiger partial charge in [-0.25, -0.2) is 0 Å². The molecule has 0 heterocycles. The quantitative estimate of drug-likeness (QED) is 0.936. The summed E-state index contributed by atoms with van der Waals surface area (Å²) >= 11 is 0. The van der Waals surface area contributed by atoms with Crippen molar-refractivity contribution in [1.82, 2.24) is 0 Å². The Kier molecular flexibility index (Phi) is 3.95. The number of nitrogens with one attached hydrogen (secondary N) is 1. The molecule has 0 amide bonds. The SMILES string of the molecule is [CH2]c1ccc(-c2ccccc2NS(=O)(=O)C(F)(F)F)cc1. The minimum absolute atomic E-state index is 0.133. The topological polar surface area (TPSA) is 46.2 Å². The first-order chi connectivity index (χ1) is 9.71. The lowest BCUT2D eigenvalue weighted by atomic mass is 10.0. The predicted octanol–water partition coefficient (Wildman–Crippen LogP) is 3.80. The van der Waals surface area contributed by atoms with Crippen molar-refractivity contribution in [3.63, 3.8) is 0 Å². The Morgan fingerprint density at radius 2 is 1.52 bits per heavy atom. The maximum atomic E-state index is 12.4. The summed E-state index contributed by atoms with van der Waals surface area (Å²) < 4.78 is 61.3. The Morgan fingerprint density at radius 1 is 0.952 bits per heavy atom. The molecule has 7 heteroatoms. The molecule has 0 aliphatic heterocycles. The van der Waals surface area contributed by atoms with Gasteiger partial charge in [-0.15, -0.1) is 0 Å². The maximum absolute atomic E-state index is 12.4. The van der Waals surface area contributed by atoms with Crippen LogP contribution in [0.15, 0.2) is 48.5 Å². The van der Waals surface area contributed by atoms with Crippen LogP contribution in [0.25, 0.3) is 11.1 Å². The van der Waals surface area contributed by atoms with Crippen LogP contribution < -0.4 is 4.72 Å². The average molecular weight is 314 g/mol. The van der Waals surface area contributed by atoms with Crippen LogP contribution >= 0.6 is 0 Å². The van der Waals surface area contributed by atoms with Crippen molar-refractivity contribution < 1.29 is 21.6 Å². The maximum Gasteiger partial charge on any atom is 0.516 e. The third kappa shape index (κ3) is 3.36. The molecule has 0 aromatic heterocycles. The summed E-state index contributed by atoms with van der Waals surface area (Å²) in [5.41, 5.74) is -3.82. The summed E-state index contributed by atoms with van der Waals surface area (Å²) in [6, 6.07) is 12.6. The molecular weight excluding hydrogens is 303 g/mol. The standard InChI is InChI=1S/C14H11F3NO2S/c1-10-6-8-11(9-7-10)12-4-2-3-5-13(12)18-21(19,20)14(15,16)17/h2-9,18H,1H2. The number of para-hydroxylation sites is 1. The molecule has 0 fully saturated rings. The van der Waals surface area contributed by atoms with Crippen molar-refractivity contribution in [2.75, 3.05) is 4.72 Å². The van der Waals surface area contributed by atoms with Crippen molar-refractivity contribution >= 4 is 15.7 Å². The van der Waals surface area contributed by atoms with Crippen LogP contribution in [0.5, 0.6) is 0 Å². The zero-order valence-electron chi connectivity index (χ0n) is 10.7. The molecule has 0 saturated heterocycles. The monoisotopic (exact) mass is 314 g/mol. The van der Waals surface area contributed by atoms with Gasteiger partial charge >= 0.3 is 15.5 Å². The van der Waals surface area contributed by atoms with Gasteiger partial charge in [0.15, 0.2) is 0 Å². The molecule has 0 aliphatic carbocycles. The highest BCUT2D eigenvalue weighted by atomic mass is 32.2. The normalized spacial score (nSPS) is 12.2. The number of benzene rings is 2. The van der Waals surface area contributed by atoms with E-state index in [0.29, 0.717) is 11.1 Å². The number of halogens is 3. The lowest BCUT2D eigenvalue weighted by Crippen LogP contribution is -2.30. The van der Waals surface area contributed by atoms with E-state index in [0.717, 1.165) is 5.56 Å². The molecule has 0 unspecified atom stereocenters. The molecule has 1 N–H and O–H groups in total. The molecule has 0 aliphatic rings. The number of anilines is 1. The second kappa shape index (κ2) is 5.40. The number of sulfonamides is 1. The predicted molar refractivity (Wildman–Crippen MR) is 74.9 cm³/mol. The van der Waals surface area contributed by atoms with E-state index in [-0.39, 0.29) is 5.69 Å². The molecule has 111 valence electrons. The van der Waals surface area contributed by atoms with Gasteiger partial charge < -0.3 is 0 Å². The van der Waals surface area contributed by atoms with Crippen molar-refractivity contribution in [2.45, 2.75) is 5.51 Å². The molecule has 2 aromatic carbocycles. The lowest BCUT2D eigenvalue weighted by Gasteiger charge is -2.14. The largest absolute Gasteiger partial charge is 0.516 e. The molecule has 0 atom stereocenters. The summed E-state index contributed by atoms with van der Waals surface area (Å²) in [5, 5.41) is 0. The minimum atomic E-state index is -5.45. The van der Waals surface area contributed by atoms with E-state index in [9.17, 15) is 21.6 Å². The van der Waals surface area contributed by atoms with Crippen molar-refractivity contribution in [2.24, 2.45) is 0 Å². The second-order valence-corrected chi connectivity index (χ2v) is 5.97. The Morgan fingerprint density at radius 3 is 2.10 bits per heavy atom. The van der Waals surface area contributed by atoms with Gasteiger partial charge in [0, 0.05) is 5.56 Å². The van der Waals surface area contributed by atoms with Gasteiger partial charge in [-0.05, 0) is 24.1 Å². The van der Waals surface area contributed by atoms with E-state index >= 15 is 0 Å². The highest BCUT2D eigenvalue weighted by molar-refractivity contribution is 7.93. The van der Waals surface area contributed by atoms with E-state index in [2.05, 4.69) is 6.92 Å². The van der Waals surface area contributed by atoms with Gasteiger partial charge in [0.1, 0.15) is 0 Å². The van der Waals surface area contributed by atoms with Gasteiger partial charge in [0.2, 0.25) is 0 Å². The van der Waals surface area contributed by atoms with Crippen molar-refractivity contribution in [1.29, 1.82) is 0 Å². The molecule has 21 heavy (non-hydrogen) atoms. The molecule has 0 bridgehead atoms.